The Hall–Kier alpha value is -1.62. The molecule has 5 heteroatoms. The highest BCUT2D eigenvalue weighted by Crippen LogP contribution is 2.29. The molecule has 21 heavy (non-hydrogen) atoms. The van der Waals surface area contributed by atoms with Crippen molar-refractivity contribution < 1.29 is 4.74 Å². The fourth-order valence-corrected chi connectivity index (χ4v) is 2.38. The van der Waals surface area contributed by atoms with Crippen molar-refractivity contribution >= 4 is 11.6 Å². The quantitative estimate of drug-likeness (QED) is 0.634. The summed E-state index contributed by atoms with van der Waals surface area (Å²) in [6, 6.07) is 7.56. The minimum atomic E-state index is -0.179. The average Bonchev–Trinajstić information content (AvgIpc) is 2.50. The van der Waals surface area contributed by atoms with E-state index in [0.29, 0.717) is 6.61 Å². The molecule has 1 heterocycles. The lowest BCUT2D eigenvalue weighted by Crippen LogP contribution is -2.29. The first-order valence-corrected chi connectivity index (χ1v) is 7.34. The number of hydrazine groups is 1. The Morgan fingerprint density at radius 1 is 1.38 bits per heavy atom. The molecule has 0 radical (unpaired) electrons. The Morgan fingerprint density at radius 2 is 2.19 bits per heavy atom. The first kappa shape index (κ1) is 15.8. The van der Waals surface area contributed by atoms with E-state index >= 15 is 0 Å². The second-order valence-corrected chi connectivity index (χ2v) is 5.26. The zero-order valence-electron chi connectivity index (χ0n) is 12.3. The number of ether oxygens (including phenoxy) is 1. The standard InChI is InChI=1S/C16H20ClN3O/c1-3-7-21-13-8-12(9-19-10-13)16(20-18)14-5-4-6-15(17)11(14)2/h4-6,8-10,16,20H,3,7,18H2,1-2H3. The average molecular weight is 306 g/mol. The second kappa shape index (κ2) is 7.41. The van der Waals surface area contributed by atoms with E-state index in [1.165, 1.54) is 0 Å². The number of nitrogens with two attached hydrogens (primary N) is 1. The molecule has 0 saturated heterocycles. The first-order valence-electron chi connectivity index (χ1n) is 6.96. The molecule has 0 aliphatic carbocycles. The smallest absolute Gasteiger partial charge is 0.137 e. The van der Waals surface area contributed by atoms with Gasteiger partial charge in [-0.2, -0.15) is 0 Å². The molecule has 1 unspecified atom stereocenters. The van der Waals surface area contributed by atoms with Crippen LogP contribution in [0.4, 0.5) is 0 Å². The van der Waals surface area contributed by atoms with Crippen molar-refractivity contribution in [2.45, 2.75) is 26.3 Å². The van der Waals surface area contributed by atoms with Crippen LogP contribution in [0.15, 0.2) is 36.7 Å². The number of halogens is 1. The van der Waals surface area contributed by atoms with Crippen molar-refractivity contribution in [2.24, 2.45) is 5.84 Å². The van der Waals surface area contributed by atoms with Crippen molar-refractivity contribution in [1.82, 2.24) is 10.4 Å². The maximum Gasteiger partial charge on any atom is 0.137 e. The van der Waals surface area contributed by atoms with Crippen molar-refractivity contribution in [3.63, 3.8) is 0 Å². The molecule has 1 aromatic carbocycles. The van der Waals surface area contributed by atoms with Gasteiger partial charge in [0.15, 0.2) is 0 Å². The van der Waals surface area contributed by atoms with Crippen LogP contribution in [0.1, 0.15) is 36.1 Å². The molecule has 0 fully saturated rings. The van der Waals surface area contributed by atoms with Gasteiger partial charge in [0.1, 0.15) is 5.75 Å². The summed E-state index contributed by atoms with van der Waals surface area (Å²) in [5, 5.41) is 0.721. The molecule has 0 bridgehead atoms. The molecule has 0 saturated carbocycles. The summed E-state index contributed by atoms with van der Waals surface area (Å²) in [7, 11) is 0. The molecule has 0 spiro atoms. The Labute approximate surface area is 130 Å². The fourth-order valence-electron chi connectivity index (χ4n) is 2.19. The van der Waals surface area contributed by atoms with Crippen molar-refractivity contribution in [3.05, 3.63) is 58.4 Å². The molecular weight excluding hydrogens is 286 g/mol. The molecule has 4 nitrogen and oxygen atoms in total. The Balaban J connectivity index is 2.35. The molecule has 0 aliphatic heterocycles. The van der Waals surface area contributed by atoms with Gasteiger partial charge in [0, 0.05) is 11.2 Å². The number of aromatic nitrogens is 1. The second-order valence-electron chi connectivity index (χ2n) is 4.86. The molecule has 2 aromatic rings. The van der Waals surface area contributed by atoms with E-state index < -0.39 is 0 Å². The minimum absolute atomic E-state index is 0.179. The molecule has 1 aromatic heterocycles. The van der Waals surface area contributed by atoms with E-state index in [1.807, 2.05) is 31.2 Å². The zero-order chi connectivity index (χ0) is 15.2. The number of nitrogens with zero attached hydrogens (tertiary/aromatic N) is 1. The van der Waals surface area contributed by atoms with Crippen LogP contribution in [0, 0.1) is 6.92 Å². The number of hydrogen-bond donors (Lipinski definition) is 2. The highest BCUT2D eigenvalue weighted by molar-refractivity contribution is 6.31. The normalized spacial score (nSPS) is 12.2. The van der Waals surface area contributed by atoms with E-state index in [-0.39, 0.29) is 6.04 Å². The van der Waals surface area contributed by atoms with Gasteiger partial charge in [-0.3, -0.25) is 10.8 Å². The van der Waals surface area contributed by atoms with E-state index in [0.717, 1.165) is 33.9 Å². The highest BCUT2D eigenvalue weighted by Gasteiger charge is 2.17. The van der Waals surface area contributed by atoms with Gasteiger partial charge >= 0.3 is 0 Å². The highest BCUT2D eigenvalue weighted by atomic mass is 35.5. The van der Waals surface area contributed by atoms with Crippen LogP contribution in [0.3, 0.4) is 0 Å². The van der Waals surface area contributed by atoms with Crippen molar-refractivity contribution in [2.75, 3.05) is 6.61 Å². The molecule has 0 aliphatic rings. The van der Waals surface area contributed by atoms with Gasteiger partial charge in [0.2, 0.25) is 0 Å². The third-order valence-electron chi connectivity index (χ3n) is 3.33. The van der Waals surface area contributed by atoms with Gasteiger partial charge in [-0.25, -0.2) is 5.43 Å². The minimum Gasteiger partial charge on any atom is -0.492 e. The SMILES string of the molecule is CCCOc1cncc(C(NN)c2cccc(Cl)c2C)c1. The van der Waals surface area contributed by atoms with Crippen LogP contribution in [-0.2, 0) is 0 Å². The molecular formula is C16H20ClN3O. The van der Waals surface area contributed by atoms with E-state index in [4.69, 9.17) is 22.2 Å². The summed E-state index contributed by atoms with van der Waals surface area (Å²) in [5.41, 5.74) is 5.80. The Bertz CT molecular complexity index is 604. The molecule has 1 atom stereocenters. The molecule has 0 amide bonds. The summed E-state index contributed by atoms with van der Waals surface area (Å²) in [5.74, 6) is 6.49. The Kier molecular flexibility index (Phi) is 5.56. The van der Waals surface area contributed by atoms with Crippen LogP contribution in [0.2, 0.25) is 5.02 Å². The molecule has 2 rings (SSSR count). The number of benzene rings is 1. The van der Waals surface area contributed by atoms with E-state index in [2.05, 4.69) is 17.3 Å². The number of rotatable bonds is 6. The summed E-state index contributed by atoms with van der Waals surface area (Å²) < 4.78 is 5.62. The van der Waals surface area contributed by atoms with Gasteiger partial charge in [-0.05, 0) is 42.2 Å². The number of hydrogen-bond acceptors (Lipinski definition) is 4. The lowest BCUT2D eigenvalue weighted by atomic mass is 9.96. The number of pyridine rings is 1. The third-order valence-corrected chi connectivity index (χ3v) is 3.74. The van der Waals surface area contributed by atoms with E-state index in [1.54, 1.807) is 12.4 Å². The lowest BCUT2D eigenvalue weighted by Gasteiger charge is -2.20. The monoisotopic (exact) mass is 305 g/mol. The van der Waals surface area contributed by atoms with Gasteiger partial charge < -0.3 is 4.74 Å². The fraction of sp³-hybridized carbons (Fsp3) is 0.312. The zero-order valence-corrected chi connectivity index (χ0v) is 13.0. The van der Waals surface area contributed by atoms with Crippen molar-refractivity contribution in [3.8, 4) is 5.75 Å². The summed E-state index contributed by atoms with van der Waals surface area (Å²) in [6.07, 6.45) is 4.44. The summed E-state index contributed by atoms with van der Waals surface area (Å²) >= 11 is 6.19. The topological polar surface area (TPSA) is 60.2 Å². The maximum atomic E-state index is 6.19. The summed E-state index contributed by atoms with van der Waals surface area (Å²) in [4.78, 5) is 4.23. The predicted octanol–water partition coefficient (Wildman–Crippen LogP) is 3.38. The van der Waals surface area contributed by atoms with Crippen LogP contribution in [-0.4, -0.2) is 11.6 Å². The van der Waals surface area contributed by atoms with Crippen LogP contribution < -0.4 is 16.0 Å². The predicted molar refractivity (Wildman–Crippen MR) is 85.4 cm³/mol. The van der Waals surface area contributed by atoms with E-state index in [9.17, 15) is 0 Å². The third kappa shape index (κ3) is 3.73. The summed E-state index contributed by atoms with van der Waals surface area (Å²) in [6.45, 7) is 4.71. The molecule has 112 valence electrons. The van der Waals surface area contributed by atoms with Crippen LogP contribution >= 0.6 is 11.6 Å². The Morgan fingerprint density at radius 3 is 2.90 bits per heavy atom. The van der Waals surface area contributed by atoms with Gasteiger partial charge in [-0.1, -0.05) is 30.7 Å². The lowest BCUT2D eigenvalue weighted by molar-refractivity contribution is 0.315. The first-order chi connectivity index (χ1) is 10.2. The van der Waals surface area contributed by atoms with Gasteiger partial charge in [0.25, 0.3) is 0 Å². The van der Waals surface area contributed by atoms with Gasteiger partial charge in [-0.15, -0.1) is 0 Å². The van der Waals surface area contributed by atoms with Crippen molar-refractivity contribution in [1.29, 1.82) is 0 Å². The molecule has 3 N–H and O–H groups in total. The van der Waals surface area contributed by atoms with Crippen LogP contribution in [0.25, 0.3) is 0 Å². The number of nitrogens with one attached hydrogen (secondary N) is 1. The maximum absolute atomic E-state index is 6.19. The van der Waals surface area contributed by atoms with Gasteiger partial charge in [0.05, 0.1) is 18.8 Å². The largest absolute Gasteiger partial charge is 0.492 e. The van der Waals surface area contributed by atoms with Crippen LogP contribution in [0.5, 0.6) is 5.75 Å².